The lowest BCUT2D eigenvalue weighted by Crippen LogP contribution is -2.14. The minimum atomic E-state index is -0.680. The van der Waals surface area contributed by atoms with Gasteiger partial charge in [0.15, 0.2) is 0 Å². The molecule has 0 fully saturated rings. The molecule has 0 amide bonds. The fourth-order valence-electron chi connectivity index (χ4n) is 6.36. The van der Waals surface area contributed by atoms with Crippen LogP contribution in [0.4, 0.5) is 0 Å². The number of carbonyl (C=O) groups is 2. The molecule has 3 aromatic rings. The van der Waals surface area contributed by atoms with Crippen LogP contribution in [0, 0.1) is 6.92 Å². The Morgan fingerprint density at radius 2 is 1.09 bits per heavy atom. The molecule has 0 aliphatic rings. The van der Waals surface area contributed by atoms with E-state index in [1.807, 2.05) is 12.1 Å². The zero-order valence-electron chi connectivity index (χ0n) is 32.4. The van der Waals surface area contributed by atoms with Gasteiger partial charge < -0.3 is 29.2 Å². The Bertz CT molecular complexity index is 1660. The molecule has 0 atom stereocenters. The van der Waals surface area contributed by atoms with Gasteiger partial charge in [-0.25, -0.2) is 9.59 Å². The Kier molecular flexibility index (Phi) is 18.9. The van der Waals surface area contributed by atoms with Crippen molar-refractivity contribution < 1.29 is 38.7 Å². The van der Waals surface area contributed by atoms with Crippen LogP contribution >= 0.6 is 0 Å². The number of rotatable bonds is 25. The first-order valence-electron chi connectivity index (χ1n) is 19.2. The maximum atomic E-state index is 12.0. The van der Waals surface area contributed by atoms with Crippen LogP contribution in [0.25, 0.3) is 22.3 Å². The Morgan fingerprint density at radius 1 is 0.604 bits per heavy atom. The molecule has 0 bridgehead atoms. The second kappa shape index (κ2) is 23.3. The number of unbranched alkanes of at least 4 members (excludes halogenated alkanes) is 8. The number of hydrogen-bond donors (Lipinski definition) is 2. The van der Waals surface area contributed by atoms with Gasteiger partial charge in [0.2, 0.25) is 13.6 Å². The highest BCUT2D eigenvalue weighted by Crippen LogP contribution is 2.37. The van der Waals surface area contributed by atoms with Crippen LogP contribution in [0.5, 0.6) is 11.5 Å². The molecule has 2 N–H and O–H groups in total. The number of aliphatic hydroxyl groups is 2. The first-order chi connectivity index (χ1) is 25.7. The summed E-state index contributed by atoms with van der Waals surface area (Å²) in [6, 6.07) is 16.9. The van der Waals surface area contributed by atoms with E-state index < -0.39 is 25.2 Å². The number of aliphatic hydroxyl groups excluding tert-OH is 2. The third kappa shape index (κ3) is 13.2. The topological polar surface area (TPSA) is 112 Å². The van der Waals surface area contributed by atoms with Gasteiger partial charge in [0.25, 0.3) is 0 Å². The molecular weight excluding hydrogens is 668 g/mol. The van der Waals surface area contributed by atoms with Crippen LogP contribution in [0.3, 0.4) is 0 Å². The molecule has 0 aromatic heterocycles. The fourth-order valence-corrected chi connectivity index (χ4v) is 6.36. The van der Waals surface area contributed by atoms with Crippen LogP contribution in [-0.2, 0) is 38.3 Å². The minimum absolute atomic E-state index is 0.0149. The SMILES string of the molecule is C=C(CO)C(=O)OCOc1ccc(-c2ccc(-c3ccc(OCOC(=O)C(=C)CO)c(CCCCCCC)c3C)cc2CC)cc1CCCCCCC. The van der Waals surface area contributed by atoms with Gasteiger partial charge in [-0.1, -0.05) is 116 Å². The van der Waals surface area contributed by atoms with Gasteiger partial charge >= 0.3 is 11.9 Å². The Hall–Kier alpha value is -4.40. The van der Waals surface area contributed by atoms with Crippen molar-refractivity contribution in [1.82, 2.24) is 0 Å². The molecule has 288 valence electrons. The first kappa shape index (κ1) is 43.0. The van der Waals surface area contributed by atoms with Crippen molar-refractivity contribution >= 4 is 11.9 Å². The van der Waals surface area contributed by atoms with Crippen molar-refractivity contribution in [3.63, 3.8) is 0 Å². The maximum Gasteiger partial charge on any atom is 0.338 e. The van der Waals surface area contributed by atoms with E-state index in [2.05, 4.69) is 77.3 Å². The lowest BCUT2D eigenvalue weighted by Gasteiger charge is -2.19. The Morgan fingerprint density at radius 3 is 1.68 bits per heavy atom. The predicted molar refractivity (Wildman–Crippen MR) is 212 cm³/mol. The lowest BCUT2D eigenvalue weighted by atomic mass is 9.89. The summed E-state index contributed by atoms with van der Waals surface area (Å²) in [5, 5.41) is 18.4. The van der Waals surface area contributed by atoms with Gasteiger partial charge in [0.05, 0.1) is 24.4 Å². The van der Waals surface area contributed by atoms with Gasteiger partial charge in [-0.2, -0.15) is 0 Å². The van der Waals surface area contributed by atoms with E-state index in [9.17, 15) is 19.8 Å². The largest absolute Gasteiger partial charge is 0.457 e. The van der Waals surface area contributed by atoms with Crippen molar-refractivity contribution in [3.8, 4) is 33.8 Å². The Balaban J connectivity index is 1.92. The number of esters is 2. The molecule has 0 unspecified atom stereocenters. The van der Waals surface area contributed by atoms with Crippen LogP contribution in [-0.4, -0.2) is 49.0 Å². The minimum Gasteiger partial charge on any atom is -0.457 e. The van der Waals surface area contributed by atoms with Crippen molar-refractivity contribution in [2.24, 2.45) is 0 Å². The van der Waals surface area contributed by atoms with E-state index in [0.717, 1.165) is 83.9 Å². The zero-order chi connectivity index (χ0) is 38.6. The summed E-state index contributed by atoms with van der Waals surface area (Å²) in [6.07, 6.45) is 14.0. The van der Waals surface area contributed by atoms with Crippen LogP contribution in [0.1, 0.15) is 107 Å². The van der Waals surface area contributed by atoms with Crippen LogP contribution in [0.15, 0.2) is 72.8 Å². The first-order valence-corrected chi connectivity index (χ1v) is 19.2. The molecule has 0 aliphatic heterocycles. The lowest BCUT2D eigenvalue weighted by molar-refractivity contribution is -0.146. The average Bonchev–Trinajstić information content (AvgIpc) is 3.17. The molecule has 3 rings (SSSR count). The molecule has 3 aromatic carbocycles. The summed E-state index contributed by atoms with van der Waals surface area (Å²) in [5.74, 6) is 0.00577. The monoisotopic (exact) mass is 728 g/mol. The summed E-state index contributed by atoms with van der Waals surface area (Å²) in [7, 11) is 0. The van der Waals surface area contributed by atoms with Gasteiger partial charge in [-0.05, 0) is 102 Å². The molecule has 8 heteroatoms. The summed E-state index contributed by atoms with van der Waals surface area (Å²) in [4.78, 5) is 24.0. The zero-order valence-corrected chi connectivity index (χ0v) is 32.4. The third-order valence-electron chi connectivity index (χ3n) is 9.57. The second-order valence-corrected chi connectivity index (χ2v) is 13.5. The second-order valence-electron chi connectivity index (χ2n) is 13.5. The molecule has 0 saturated heterocycles. The number of aryl methyl sites for hydroxylation is 2. The summed E-state index contributed by atoms with van der Waals surface area (Å²) in [5.41, 5.74) is 8.98. The molecule has 0 aliphatic carbocycles. The fraction of sp³-hybridized carbons (Fsp3) is 0.467. The van der Waals surface area contributed by atoms with Crippen molar-refractivity contribution in [2.45, 2.75) is 111 Å². The Labute approximate surface area is 316 Å². The highest BCUT2D eigenvalue weighted by molar-refractivity contribution is 5.88. The molecule has 0 radical (unpaired) electrons. The molecule has 0 spiro atoms. The van der Waals surface area contributed by atoms with Gasteiger partial charge in [0, 0.05) is 0 Å². The molecule has 0 heterocycles. The van der Waals surface area contributed by atoms with Crippen LogP contribution in [0.2, 0.25) is 0 Å². The number of hydrogen-bond acceptors (Lipinski definition) is 8. The third-order valence-corrected chi connectivity index (χ3v) is 9.57. The van der Waals surface area contributed by atoms with Gasteiger partial charge in [-0.15, -0.1) is 0 Å². The average molecular weight is 729 g/mol. The molecule has 53 heavy (non-hydrogen) atoms. The van der Waals surface area contributed by atoms with E-state index in [0.29, 0.717) is 11.5 Å². The van der Waals surface area contributed by atoms with Crippen molar-refractivity contribution in [3.05, 3.63) is 95.1 Å². The number of carbonyl (C=O) groups excluding carboxylic acids is 2. The summed E-state index contributed by atoms with van der Waals surface area (Å²) < 4.78 is 22.3. The molecule has 0 saturated carbocycles. The maximum absolute atomic E-state index is 12.0. The van der Waals surface area contributed by atoms with Gasteiger partial charge in [0.1, 0.15) is 11.5 Å². The highest BCUT2D eigenvalue weighted by Gasteiger charge is 2.17. The quantitative estimate of drug-likeness (QED) is 0.0384. The van der Waals surface area contributed by atoms with Crippen LogP contribution < -0.4 is 9.47 Å². The predicted octanol–water partition coefficient (Wildman–Crippen LogP) is 9.77. The van der Waals surface area contributed by atoms with E-state index >= 15 is 0 Å². The van der Waals surface area contributed by atoms with E-state index in [-0.39, 0.29) is 24.7 Å². The van der Waals surface area contributed by atoms with E-state index in [4.69, 9.17) is 18.9 Å². The molecule has 8 nitrogen and oxygen atoms in total. The van der Waals surface area contributed by atoms with E-state index in [1.165, 1.54) is 44.1 Å². The summed E-state index contributed by atoms with van der Waals surface area (Å²) >= 11 is 0. The van der Waals surface area contributed by atoms with Gasteiger partial charge in [-0.3, -0.25) is 0 Å². The standard InChI is InChI=1S/C45H60O8/c1-7-10-12-14-16-18-38-27-37(21-24-42(38)50-30-52-44(48)32(4)28-46)41-22-20-36(26-35(41)9-3)39-23-25-43(51-31-53-45(49)33(5)29-47)40(34(39)6)19-17-15-13-11-8-2/h20-27,46-47H,4-5,7-19,28-31H2,1-3,6H3. The molecular formula is C45H60O8. The number of benzene rings is 3. The van der Waals surface area contributed by atoms with E-state index in [1.54, 1.807) is 0 Å². The smallest absolute Gasteiger partial charge is 0.338 e. The van der Waals surface area contributed by atoms with Crippen molar-refractivity contribution in [2.75, 3.05) is 26.8 Å². The normalized spacial score (nSPS) is 10.9. The highest BCUT2D eigenvalue weighted by atomic mass is 16.7. The summed E-state index contributed by atoms with van der Waals surface area (Å²) in [6.45, 7) is 14.3. The number of ether oxygens (including phenoxy) is 4. The van der Waals surface area contributed by atoms with Crippen molar-refractivity contribution in [1.29, 1.82) is 0 Å².